The Morgan fingerprint density at radius 1 is 1.09 bits per heavy atom. The SMILES string of the molecule is C[C@H]1CO[C@@H]2Cn3cc(C(=O)NCc4ccc(F)cc4F)c(=O)c(OCOC(=O)OCC(=O)NCCN4CCOCC4)c3C(=O)N12. The molecule has 4 heterocycles. The van der Waals surface area contributed by atoms with E-state index in [1.54, 1.807) is 6.92 Å². The molecule has 0 bridgehead atoms. The zero-order valence-corrected chi connectivity index (χ0v) is 24.9. The van der Waals surface area contributed by atoms with Crippen LogP contribution in [0.3, 0.4) is 0 Å². The second-order valence-corrected chi connectivity index (χ2v) is 10.7. The minimum atomic E-state index is -1.28. The minimum absolute atomic E-state index is 0.0267. The van der Waals surface area contributed by atoms with Gasteiger partial charge in [-0.25, -0.2) is 13.6 Å². The topological polar surface area (TPSA) is 167 Å². The van der Waals surface area contributed by atoms with Crippen molar-refractivity contribution in [1.82, 2.24) is 25.0 Å². The van der Waals surface area contributed by atoms with E-state index in [4.69, 9.17) is 23.7 Å². The molecule has 1 aromatic carbocycles. The standard InChI is InChI=1S/C29H33F2N5O10/c1-17-14-43-23-13-35-12-20(27(39)33-11-18-2-3-19(30)10-21(18)31)25(38)26(24(35)28(40)36(17)23)45-16-46-29(41)44-15-22(37)32-4-5-34-6-8-42-9-7-34/h2-3,10,12,17,23H,4-9,11,13-16H2,1H3,(H,32,37)(H,33,39)/t17-,23+/m0/s1. The molecule has 2 N–H and O–H groups in total. The summed E-state index contributed by atoms with van der Waals surface area (Å²) in [4.78, 5) is 67.7. The number of halogens is 2. The van der Waals surface area contributed by atoms with Crippen LogP contribution in [0.15, 0.2) is 29.2 Å². The Labute approximate surface area is 261 Å². The van der Waals surface area contributed by atoms with Gasteiger partial charge in [-0.15, -0.1) is 0 Å². The Morgan fingerprint density at radius 3 is 2.63 bits per heavy atom. The maximum atomic E-state index is 14.1. The van der Waals surface area contributed by atoms with Gasteiger partial charge in [0.1, 0.15) is 17.2 Å². The molecule has 46 heavy (non-hydrogen) atoms. The number of carbonyl (C=O) groups is 4. The zero-order chi connectivity index (χ0) is 32.8. The Bertz CT molecular complexity index is 1550. The summed E-state index contributed by atoms with van der Waals surface area (Å²) >= 11 is 0. The lowest BCUT2D eigenvalue weighted by atomic mass is 10.1. The van der Waals surface area contributed by atoms with Gasteiger partial charge in [0.25, 0.3) is 17.7 Å². The molecule has 2 atom stereocenters. The number of amides is 3. The van der Waals surface area contributed by atoms with Crippen molar-refractivity contribution in [3.8, 4) is 5.75 Å². The number of rotatable bonds is 11. The van der Waals surface area contributed by atoms with Crippen LogP contribution >= 0.6 is 0 Å². The van der Waals surface area contributed by atoms with Gasteiger partial charge in [0, 0.05) is 50.6 Å². The van der Waals surface area contributed by atoms with Crippen LogP contribution in [0.1, 0.15) is 33.3 Å². The molecule has 2 saturated heterocycles. The monoisotopic (exact) mass is 649 g/mol. The number of hydrogen-bond acceptors (Lipinski definition) is 11. The first kappa shape index (κ1) is 32.8. The smallest absolute Gasteiger partial charge is 0.451 e. The van der Waals surface area contributed by atoms with E-state index in [0.29, 0.717) is 32.4 Å². The van der Waals surface area contributed by atoms with E-state index < -0.39 is 71.9 Å². The first-order valence-electron chi connectivity index (χ1n) is 14.6. The maximum absolute atomic E-state index is 14.1. The molecule has 1 aromatic heterocycles. The Morgan fingerprint density at radius 2 is 1.87 bits per heavy atom. The van der Waals surface area contributed by atoms with Crippen molar-refractivity contribution in [3.63, 3.8) is 0 Å². The summed E-state index contributed by atoms with van der Waals surface area (Å²) in [7, 11) is 0. The second kappa shape index (κ2) is 14.7. The summed E-state index contributed by atoms with van der Waals surface area (Å²) in [5, 5.41) is 5.02. The summed E-state index contributed by atoms with van der Waals surface area (Å²) in [6.45, 7) is 3.88. The van der Waals surface area contributed by atoms with Crippen molar-refractivity contribution < 1.29 is 51.6 Å². The maximum Gasteiger partial charge on any atom is 0.511 e. The van der Waals surface area contributed by atoms with Crippen LogP contribution in [-0.2, 0) is 36.8 Å². The fraction of sp³-hybridized carbons (Fsp3) is 0.483. The summed E-state index contributed by atoms with van der Waals surface area (Å²) < 4.78 is 54.7. The number of nitrogens with zero attached hydrogens (tertiary/aromatic N) is 3. The van der Waals surface area contributed by atoms with Crippen LogP contribution in [0.4, 0.5) is 13.6 Å². The van der Waals surface area contributed by atoms with E-state index in [9.17, 15) is 32.8 Å². The minimum Gasteiger partial charge on any atom is -0.451 e. The largest absolute Gasteiger partial charge is 0.511 e. The predicted molar refractivity (Wildman–Crippen MR) is 152 cm³/mol. The first-order valence-corrected chi connectivity index (χ1v) is 14.6. The average Bonchev–Trinajstić information content (AvgIpc) is 3.41. The molecular weight excluding hydrogens is 616 g/mol. The van der Waals surface area contributed by atoms with E-state index in [0.717, 1.165) is 31.4 Å². The van der Waals surface area contributed by atoms with Gasteiger partial charge < -0.3 is 43.8 Å². The average molecular weight is 650 g/mol. The molecule has 248 valence electrons. The number of benzene rings is 1. The summed E-state index contributed by atoms with van der Waals surface area (Å²) in [6, 6.07) is 2.52. The molecule has 15 nitrogen and oxygen atoms in total. The lowest BCUT2D eigenvalue weighted by Crippen LogP contribution is -2.49. The number of pyridine rings is 1. The van der Waals surface area contributed by atoms with Gasteiger partial charge >= 0.3 is 6.16 Å². The van der Waals surface area contributed by atoms with Gasteiger partial charge in [0.15, 0.2) is 18.5 Å². The third-order valence-corrected chi connectivity index (χ3v) is 7.60. The van der Waals surface area contributed by atoms with Crippen molar-refractivity contribution in [2.24, 2.45) is 0 Å². The van der Waals surface area contributed by atoms with Crippen molar-refractivity contribution >= 4 is 23.9 Å². The van der Waals surface area contributed by atoms with E-state index >= 15 is 0 Å². The van der Waals surface area contributed by atoms with E-state index in [-0.39, 0.29) is 37.0 Å². The predicted octanol–water partition coefficient (Wildman–Crippen LogP) is 0.195. The van der Waals surface area contributed by atoms with Crippen molar-refractivity contribution in [3.05, 3.63) is 63.1 Å². The molecule has 0 saturated carbocycles. The summed E-state index contributed by atoms with van der Waals surface area (Å²) in [6.07, 6.45) is -0.781. The normalized spacial score (nSPS) is 19.2. The molecule has 0 unspecified atom stereocenters. The van der Waals surface area contributed by atoms with E-state index in [2.05, 4.69) is 15.5 Å². The van der Waals surface area contributed by atoms with Crippen LogP contribution in [0.25, 0.3) is 0 Å². The van der Waals surface area contributed by atoms with E-state index in [1.165, 1.54) is 9.47 Å². The van der Waals surface area contributed by atoms with Crippen molar-refractivity contribution in [1.29, 1.82) is 0 Å². The molecule has 2 fully saturated rings. The first-order chi connectivity index (χ1) is 22.1. The molecule has 3 amide bonds. The molecule has 0 radical (unpaired) electrons. The molecule has 5 rings (SSSR count). The highest BCUT2D eigenvalue weighted by molar-refractivity contribution is 5.99. The number of hydrogen-bond donors (Lipinski definition) is 2. The highest BCUT2D eigenvalue weighted by Gasteiger charge is 2.43. The van der Waals surface area contributed by atoms with Gasteiger partial charge in [-0.3, -0.25) is 24.1 Å². The lowest BCUT2D eigenvalue weighted by Gasteiger charge is -2.34. The molecule has 3 aliphatic rings. The van der Waals surface area contributed by atoms with Gasteiger partial charge in [0.2, 0.25) is 18.0 Å². The third kappa shape index (κ3) is 7.60. The van der Waals surface area contributed by atoms with Crippen LogP contribution in [0, 0.1) is 11.6 Å². The Kier molecular flexibility index (Phi) is 10.4. The summed E-state index contributed by atoms with van der Waals surface area (Å²) in [5.74, 6) is -4.34. The van der Waals surface area contributed by atoms with Gasteiger partial charge in [-0.1, -0.05) is 6.07 Å². The van der Waals surface area contributed by atoms with Crippen LogP contribution in [0.2, 0.25) is 0 Å². The number of nitrogens with one attached hydrogen (secondary N) is 2. The molecule has 3 aliphatic heterocycles. The number of fused-ring (bicyclic) bond motifs is 2. The van der Waals surface area contributed by atoms with Gasteiger partial charge in [0.05, 0.1) is 32.4 Å². The van der Waals surface area contributed by atoms with Gasteiger partial charge in [-0.2, -0.15) is 0 Å². The second-order valence-electron chi connectivity index (χ2n) is 10.7. The highest BCUT2D eigenvalue weighted by atomic mass is 19.1. The van der Waals surface area contributed by atoms with Gasteiger partial charge in [-0.05, 0) is 13.0 Å². The molecule has 17 heteroatoms. The van der Waals surface area contributed by atoms with Crippen LogP contribution in [-0.4, -0.2) is 110 Å². The number of morpholine rings is 1. The van der Waals surface area contributed by atoms with Crippen LogP contribution in [0.5, 0.6) is 5.75 Å². The van der Waals surface area contributed by atoms with Crippen LogP contribution < -0.4 is 20.8 Å². The molecule has 2 aromatic rings. The fourth-order valence-corrected chi connectivity index (χ4v) is 5.22. The summed E-state index contributed by atoms with van der Waals surface area (Å²) in [5.41, 5.74) is -1.68. The van der Waals surface area contributed by atoms with E-state index in [1.807, 2.05) is 0 Å². The highest BCUT2D eigenvalue weighted by Crippen LogP contribution is 2.30. The Balaban J connectivity index is 1.23. The van der Waals surface area contributed by atoms with Crippen molar-refractivity contribution in [2.45, 2.75) is 32.3 Å². The Hall–Kier alpha value is -4.61. The quantitative estimate of drug-likeness (QED) is 0.252. The van der Waals surface area contributed by atoms with Crippen molar-refractivity contribution in [2.75, 3.05) is 59.4 Å². The lowest BCUT2D eigenvalue weighted by molar-refractivity contribution is -0.125. The zero-order valence-electron chi connectivity index (χ0n) is 24.9. The number of carbonyl (C=O) groups excluding carboxylic acids is 4. The molecule has 0 aliphatic carbocycles. The molecular formula is C29H33F2N5O10. The number of ether oxygens (including phenoxy) is 5. The molecule has 0 spiro atoms. The fourth-order valence-electron chi connectivity index (χ4n) is 5.22. The third-order valence-electron chi connectivity index (χ3n) is 7.60. The number of aromatic nitrogens is 1.